The van der Waals surface area contributed by atoms with Gasteiger partial charge < -0.3 is 16.0 Å². The van der Waals surface area contributed by atoms with Gasteiger partial charge in [0.05, 0.1) is 0 Å². The third-order valence-electron chi connectivity index (χ3n) is 4.78. The molecule has 0 aliphatic carbocycles. The molecule has 144 valence electrons. The molecule has 0 aromatic heterocycles. The molecule has 27 heavy (non-hydrogen) atoms. The quantitative estimate of drug-likeness (QED) is 0.748. The largest absolute Gasteiger partial charge is 0.354 e. The van der Waals surface area contributed by atoms with Crippen molar-refractivity contribution in [1.82, 2.24) is 10.2 Å². The number of nitrogens with zero attached hydrogens (tertiary/aromatic N) is 1. The van der Waals surface area contributed by atoms with Crippen molar-refractivity contribution in [1.29, 1.82) is 0 Å². The first kappa shape index (κ1) is 20.9. The van der Waals surface area contributed by atoms with Gasteiger partial charge in [-0.25, -0.2) is 0 Å². The monoisotopic (exact) mass is 387 g/mol. The zero-order valence-electron chi connectivity index (χ0n) is 15.5. The lowest BCUT2D eigenvalue weighted by atomic mass is 10.1. The smallest absolute Gasteiger partial charge is 0.241 e. The second-order valence-corrected chi connectivity index (χ2v) is 6.80. The van der Waals surface area contributed by atoms with Crippen LogP contribution in [0.3, 0.4) is 0 Å². The van der Waals surface area contributed by atoms with Gasteiger partial charge in [-0.05, 0) is 30.0 Å². The van der Waals surface area contributed by atoms with E-state index in [2.05, 4.69) is 17.4 Å². The number of hydrogen-bond donors (Lipinski definition) is 2. The summed E-state index contributed by atoms with van der Waals surface area (Å²) in [5.41, 5.74) is 10.4. The fourth-order valence-corrected chi connectivity index (χ4v) is 3.15. The Hall–Kier alpha value is -2.37. The molecule has 0 radical (unpaired) electrons. The number of fused-ring (bicyclic) bond motifs is 1. The lowest BCUT2D eigenvalue weighted by Gasteiger charge is -2.16. The molecule has 1 atom stereocenters. The van der Waals surface area contributed by atoms with Gasteiger partial charge in [0.2, 0.25) is 11.8 Å². The number of amides is 2. The van der Waals surface area contributed by atoms with Crippen LogP contribution in [0.15, 0.2) is 48.5 Å². The van der Waals surface area contributed by atoms with Crippen molar-refractivity contribution in [2.45, 2.75) is 38.9 Å². The highest BCUT2D eigenvalue weighted by molar-refractivity contribution is 5.85. The Bertz CT molecular complexity index is 767. The molecule has 6 heteroatoms. The molecule has 2 aromatic carbocycles. The molecule has 2 amide bonds. The van der Waals surface area contributed by atoms with Gasteiger partial charge in [0.25, 0.3) is 0 Å². The third-order valence-corrected chi connectivity index (χ3v) is 4.78. The van der Waals surface area contributed by atoms with Crippen LogP contribution in [0.5, 0.6) is 0 Å². The van der Waals surface area contributed by atoms with Crippen LogP contribution in [-0.4, -0.2) is 23.3 Å². The Kier molecular flexibility index (Phi) is 7.39. The van der Waals surface area contributed by atoms with Crippen molar-refractivity contribution in [3.05, 3.63) is 70.8 Å². The predicted octanol–water partition coefficient (Wildman–Crippen LogP) is 2.86. The maximum absolute atomic E-state index is 12.3. The molecule has 0 saturated heterocycles. The number of carbonyl (C=O) groups is 2. The number of rotatable bonds is 6. The summed E-state index contributed by atoms with van der Waals surface area (Å²) >= 11 is 0. The predicted molar refractivity (Wildman–Crippen MR) is 108 cm³/mol. The molecule has 2 aromatic rings. The lowest BCUT2D eigenvalue weighted by Crippen LogP contribution is -2.35. The highest BCUT2D eigenvalue weighted by Gasteiger charge is 2.22. The van der Waals surface area contributed by atoms with E-state index in [9.17, 15) is 9.59 Å². The number of nitrogens with one attached hydrogen (secondary N) is 1. The van der Waals surface area contributed by atoms with Crippen LogP contribution in [0.25, 0.3) is 0 Å². The summed E-state index contributed by atoms with van der Waals surface area (Å²) in [5, 5.41) is 2.82. The highest BCUT2D eigenvalue weighted by Crippen LogP contribution is 2.22. The van der Waals surface area contributed by atoms with E-state index in [0.717, 1.165) is 11.1 Å². The topological polar surface area (TPSA) is 75.4 Å². The van der Waals surface area contributed by atoms with E-state index in [4.69, 9.17) is 5.73 Å². The highest BCUT2D eigenvalue weighted by atomic mass is 35.5. The average molecular weight is 388 g/mol. The Balaban J connectivity index is 0.00000261. The minimum Gasteiger partial charge on any atom is -0.354 e. The van der Waals surface area contributed by atoms with Gasteiger partial charge >= 0.3 is 0 Å². The lowest BCUT2D eigenvalue weighted by molar-refractivity contribution is -0.132. The van der Waals surface area contributed by atoms with E-state index in [1.807, 2.05) is 48.2 Å². The summed E-state index contributed by atoms with van der Waals surface area (Å²) in [7, 11) is 0. The fourth-order valence-electron chi connectivity index (χ4n) is 3.15. The summed E-state index contributed by atoms with van der Waals surface area (Å²) in [5.74, 6) is -0.0897. The molecule has 0 spiro atoms. The molecule has 0 fully saturated rings. The summed E-state index contributed by atoms with van der Waals surface area (Å²) in [6, 6.07) is 15.1. The van der Waals surface area contributed by atoms with Gasteiger partial charge in [-0.15, -0.1) is 12.4 Å². The van der Waals surface area contributed by atoms with Crippen LogP contribution in [0.4, 0.5) is 0 Å². The molecule has 1 unspecified atom stereocenters. The second kappa shape index (κ2) is 9.53. The number of carbonyl (C=O) groups excluding carboxylic acids is 2. The standard InChI is InChI=1S/C21H25N3O2.ClH/c1-15-8-10-16(11-9-15)20(22)21(26)23-12-4-7-19(25)24-13-17-5-2-3-6-18(17)14-24;/h2-3,5-6,8-11,20H,4,7,12-14,22H2,1H3,(H,23,26);1H. The van der Waals surface area contributed by atoms with Crippen molar-refractivity contribution in [3.8, 4) is 0 Å². The van der Waals surface area contributed by atoms with Gasteiger partial charge in [-0.2, -0.15) is 0 Å². The SMILES string of the molecule is Cc1ccc(C(N)C(=O)NCCCC(=O)N2Cc3ccccc3C2)cc1.Cl. The van der Waals surface area contributed by atoms with Gasteiger partial charge in [-0.1, -0.05) is 54.1 Å². The van der Waals surface area contributed by atoms with Crippen LogP contribution in [-0.2, 0) is 22.7 Å². The van der Waals surface area contributed by atoms with Crippen LogP contribution in [0, 0.1) is 6.92 Å². The number of halogens is 1. The van der Waals surface area contributed by atoms with Gasteiger partial charge in [0, 0.05) is 26.1 Å². The van der Waals surface area contributed by atoms with Crippen molar-refractivity contribution < 1.29 is 9.59 Å². The van der Waals surface area contributed by atoms with E-state index < -0.39 is 6.04 Å². The van der Waals surface area contributed by atoms with Crippen LogP contribution in [0.1, 0.15) is 41.1 Å². The van der Waals surface area contributed by atoms with Crippen LogP contribution >= 0.6 is 12.4 Å². The minimum atomic E-state index is -0.681. The van der Waals surface area contributed by atoms with E-state index >= 15 is 0 Å². The number of nitrogens with two attached hydrogens (primary N) is 1. The molecule has 0 saturated carbocycles. The van der Waals surface area contributed by atoms with Crippen molar-refractivity contribution in [2.24, 2.45) is 5.73 Å². The molecular weight excluding hydrogens is 362 g/mol. The number of aryl methyl sites for hydroxylation is 1. The normalized spacial score (nSPS) is 13.5. The van der Waals surface area contributed by atoms with Crippen molar-refractivity contribution in [2.75, 3.05) is 6.54 Å². The first-order chi connectivity index (χ1) is 12.5. The van der Waals surface area contributed by atoms with E-state index in [-0.39, 0.29) is 24.2 Å². The fraction of sp³-hybridized carbons (Fsp3) is 0.333. The molecule has 1 heterocycles. The third kappa shape index (κ3) is 5.31. The van der Waals surface area contributed by atoms with E-state index in [1.54, 1.807) is 0 Å². The zero-order valence-corrected chi connectivity index (χ0v) is 16.3. The van der Waals surface area contributed by atoms with Crippen LogP contribution in [0.2, 0.25) is 0 Å². The summed E-state index contributed by atoms with van der Waals surface area (Å²) in [6.07, 6.45) is 1.03. The number of hydrogen-bond acceptors (Lipinski definition) is 3. The van der Waals surface area contributed by atoms with E-state index in [1.165, 1.54) is 11.1 Å². The number of benzene rings is 2. The molecule has 0 bridgehead atoms. The molecule has 3 rings (SSSR count). The van der Waals surface area contributed by atoms with Crippen molar-refractivity contribution >= 4 is 24.2 Å². The maximum Gasteiger partial charge on any atom is 0.241 e. The Morgan fingerprint density at radius 1 is 1.07 bits per heavy atom. The maximum atomic E-state index is 12.3. The molecule has 1 aliphatic heterocycles. The van der Waals surface area contributed by atoms with Gasteiger partial charge in [0.1, 0.15) is 6.04 Å². The first-order valence-corrected chi connectivity index (χ1v) is 8.99. The second-order valence-electron chi connectivity index (χ2n) is 6.80. The van der Waals surface area contributed by atoms with E-state index in [0.29, 0.717) is 32.5 Å². The summed E-state index contributed by atoms with van der Waals surface area (Å²) in [6.45, 7) is 3.80. The first-order valence-electron chi connectivity index (χ1n) is 8.99. The Labute approximate surface area is 166 Å². The van der Waals surface area contributed by atoms with Gasteiger partial charge in [-0.3, -0.25) is 9.59 Å². The minimum absolute atomic E-state index is 0. The Morgan fingerprint density at radius 2 is 1.67 bits per heavy atom. The zero-order chi connectivity index (χ0) is 18.5. The van der Waals surface area contributed by atoms with Crippen LogP contribution < -0.4 is 11.1 Å². The van der Waals surface area contributed by atoms with Crippen molar-refractivity contribution in [3.63, 3.8) is 0 Å². The van der Waals surface area contributed by atoms with Gasteiger partial charge in [0.15, 0.2) is 0 Å². The summed E-state index contributed by atoms with van der Waals surface area (Å²) < 4.78 is 0. The summed E-state index contributed by atoms with van der Waals surface area (Å²) in [4.78, 5) is 26.3. The molecular formula is C21H26ClN3O2. The molecule has 5 nitrogen and oxygen atoms in total. The molecule has 3 N–H and O–H groups in total. The Morgan fingerprint density at radius 3 is 2.26 bits per heavy atom. The average Bonchev–Trinajstić information content (AvgIpc) is 3.09. The molecule has 1 aliphatic rings.